The summed E-state index contributed by atoms with van der Waals surface area (Å²) < 4.78 is 4.95. The first kappa shape index (κ1) is 13.2. The lowest BCUT2D eigenvalue weighted by molar-refractivity contribution is -0.159. The predicted molar refractivity (Wildman–Crippen MR) is 61.9 cm³/mol. The van der Waals surface area contributed by atoms with Gasteiger partial charge in [-0.3, -0.25) is 9.59 Å². The van der Waals surface area contributed by atoms with Crippen LogP contribution in [0.2, 0.25) is 0 Å². The Labute approximate surface area is 97.5 Å². The van der Waals surface area contributed by atoms with Gasteiger partial charge in [0.1, 0.15) is 5.41 Å². The van der Waals surface area contributed by atoms with Gasteiger partial charge < -0.3 is 4.74 Å². The summed E-state index contributed by atoms with van der Waals surface area (Å²) in [5.41, 5.74) is -0.981. The number of hydrogen-bond donors (Lipinski definition) is 0. The second-order valence-corrected chi connectivity index (χ2v) is 5.32. The van der Waals surface area contributed by atoms with E-state index < -0.39 is 5.41 Å². The highest BCUT2D eigenvalue weighted by molar-refractivity contribution is 6.04. The highest BCUT2D eigenvalue weighted by atomic mass is 16.5. The van der Waals surface area contributed by atoms with Gasteiger partial charge in [0.2, 0.25) is 0 Å². The van der Waals surface area contributed by atoms with Gasteiger partial charge in [-0.15, -0.1) is 0 Å². The molecule has 0 amide bonds. The molecule has 3 nitrogen and oxygen atoms in total. The molecule has 92 valence electrons. The first-order valence-corrected chi connectivity index (χ1v) is 6.11. The van der Waals surface area contributed by atoms with E-state index in [-0.39, 0.29) is 17.7 Å². The van der Waals surface area contributed by atoms with Crippen molar-refractivity contribution in [3.8, 4) is 0 Å². The molecule has 0 saturated heterocycles. The van der Waals surface area contributed by atoms with Gasteiger partial charge in [0.15, 0.2) is 5.78 Å². The molecule has 2 unspecified atom stereocenters. The Morgan fingerprint density at radius 3 is 2.38 bits per heavy atom. The maximum absolute atomic E-state index is 12.2. The van der Waals surface area contributed by atoms with E-state index in [9.17, 15) is 9.59 Å². The lowest BCUT2D eigenvalue weighted by Crippen LogP contribution is -2.38. The average Bonchev–Trinajstić information content (AvgIpc) is 2.64. The number of esters is 1. The molecule has 0 aromatic rings. The summed E-state index contributed by atoms with van der Waals surface area (Å²) in [4.78, 5) is 23.9. The van der Waals surface area contributed by atoms with Gasteiger partial charge in [-0.1, -0.05) is 6.92 Å². The smallest absolute Gasteiger partial charge is 0.319 e. The number of carbonyl (C=O) groups excluding carboxylic acids is 2. The molecule has 0 aliphatic heterocycles. The number of carbonyl (C=O) groups is 2. The Morgan fingerprint density at radius 1 is 1.31 bits per heavy atom. The van der Waals surface area contributed by atoms with Crippen LogP contribution in [0.4, 0.5) is 0 Å². The number of hydrogen-bond acceptors (Lipinski definition) is 3. The number of ketones is 1. The summed E-state index contributed by atoms with van der Waals surface area (Å²) >= 11 is 0. The van der Waals surface area contributed by atoms with Gasteiger partial charge in [0, 0.05) is 5.92 Å². The third kappa shape index (κ3) is 2.63. The molecule has 1 rings (SSSR count). The van der Waals surface area contributed by atoms with E-state index in [2.05, 4.69) is 6.92 Å². The molecule has 0 aromatic heterocycles. The van der Waals surface area contributed by atoms with Crippen LogP contribution in [0.1, 0.15) is 47.0 Å². The maximum atomic E-state index is 12.2. The van der Waals surface area contributed by atoms with Crippen LogP contribution in [0, 0.1) is 17.3 Å². The zero-order valence-electron chi connectivity index (χ0n) is 10.7. The molecule has 0 N–H and O–H groups in total. The molecule has 1 aliphatic carbocycles. The molecule has 0 spiro atoms. The Morgan fingerprint density at radius 2 is 1.94 bits per heavy atom. The number of ether oxygens (including phenoxy) is 1. The second kappa shape index (κ2) is 4.98. The summed E-state index contributed by atoms with van der Waals surface area (Å²) in [7, 11) is 0. The van der Waals surface area contributed by atoms with Crippen LogP contribution in [-0.4, -0.2) is 18.4 Å². The first-order valence-electron chi connectivity index (χ1n) is 6.11. The number of Topliss-reactive ketones (excluding diaryl/α,β-unsaturated/α-hetero) is 1. The fraction of sp³-hybridized carbons (Fsp3) is 0.846. The van der Waals surface area contributed by atoms with Crippen LogP contribution in [0.15, 0.2) is 0 Å². The molecule has 1 aliphatic rings. The highest BCUT2D eigenvalue weighted by Gasteiger charge is 2.42. The molecule has 0 bridgehead atoms. The molecule has 2 atom stereocenters. The Hall–Kier alpha value is -0.860. The van der Waals surface area contributed by atoms with E-state index in [1.54, 1.807) is 20.8 Å². The zero-order valence-corrected chi connectivity index (χ0v) is 10.7. The summed E-state index contributed by atoms with van der Waals surface area (Å²) in [5, 5.41) is 0. The Kier molecular flexibility index (Phi) is 4.11. The van der Waals surface area contributed by atoms with Crippen molar-refractivity contribution in [2.45, 2.75) is 47.0 Å². The lowest BCUT2D eigenvalue weighted by atomic mass is 9.80. The maximum Gasteiger partial charge on any atom is 0.319 e. The zero-order chi connectivity index (χ0) is 12.3. The van der Waals surface area contributed by atoms with Crippen LogP contribution in [0.5, 0.6) is 0 Å². The van der Waals surface area contributed by atoms with Crippen molar-refractivity contribution < 1.29 is 14.3 Å². The van der Waals surface area contributed by atoms with Crippen LogP contribution in [0.3, 0.4) is 0 Å². The highest BCUT2D eigenvalue weighted by Crippen LogP contribution is 2.36. The minimum Gasteiger partial charge on any atom is -0.465 e. The number of rotatable bonds is 4. The van der Waals surface area contributed by atoms with Crippen molar-refractivity contribution in [3.63, 3.8) is 0 Å². The fourth-order valence-electron chi connectivity index (χ4n) is 2.37. The summed E-state index contributed by atoms with van der Waals surface area (Å²) in [5.74, 6) is 0.316. The monoisotopic (exact) mass is 226 g/mol. The van der Waals surface area contributed by atoms with Crippen LogP contribution < -0.4 is 0 Å². The second-order valence-electron chi connectivity index (χ2n) is 5.32. The van der Waals surface area contributed by atoms with Crippen LogP contribution in [0.25, 0.3) is 0 Å². The van der Waals surface area contributed by atoms with Crippen molar-refractivity contribution in [1.29, 1.82) is 0 Å². The Bertz CT molecular complexity index is 281. The molecule has 0 aromatic carbocycles. The van der Waals surface area contributed by atoms with Gasteiger partial charge in [-0.25, -0.2) is 0 Å². The average molecular weight is 226 g/mol. The standard InChI is InChI=1S/C13H22O3/c1-5-16-12(15)13(3,4)11(14)10-7-6-9(2)8-10/h9-10H,5-8H2,1-4H3. The fourth-order valence-corrected chi connectivity index (χ4v) is 2.37. The van der Waals surface area contributed by atoms with E-state index >= 15 is 0 Å². The summed E-state index contributed by atoms with van der Waals surface area (Å²) in [6.45, 7) is 7.60. The van der Waals surface area contributed by atoms with E-state index in [1.165, 1.54) is 0 Å². The van der Waals surface area contributed by atoms with E-state index in [0.717, 1.165) is 19.3 Å². The van der Waals surface area contributed by atoms with Crippen LogP contribution >= 0.6 is 0 Å². The minimum absolute atomic E-state index is 0.0504. The SMILES string of the molecule is CCOC(=O)C(C)(C)C(=O)C1CCC(C)C1. The third-order valence-electron chi connectivity index (χ3n) is 3.47. The van der Waals surface area contributed by atoms with Crippen LogP contribution in [-0.2, 0) is 14.3 Å². The van der Waals surface area contributed by atoms with Crippen molar-refractivity contribution >= 4 is 11.8 Å². The van der Waals surface area contributed by atoms with Gasteiger partial charge >= 0.3 is 5.97 Å². The predicted octanol–water partition coefficient (Wildman–Crippen LogP) is 2.58. The molecule has 0 radical (unpaired) electrons. The van der Waals surface area contributed by atoms with E-state index in [1.807, 2.05) is 0 Å². The third-order valence-corrected chi connectivity index (χ3v) is 3.47. The molecule has 1 fully saturated rings. The molecular weight excluding hydrogens is 204 g/mol. The first-order chi connectivity index (χ1) is 7.39. The van der Waals surface area contributed by atoms with Crippen molar-refractivity contribution in [3.05, 3.63) is 0 Å². The summed E-state index contributed by atoms with van der Waals surface area (Å²) in [6, 6.07) is 0. The lowest BCUT2D eigenvalue weighted by Gasteiger charge is -2.24. The Balaban J connectivity index is 2.68. The quantitative estimate of drug-likeness (QED) is 0.546. The van der Waals surface area contributed by atoms with Crippen molar-refractivity contribution in [2.24, 2.45) is 17.3 Å². The minimum atomic E-state index is -0.981. The molecule has 1 saturated carbocycles. The van der Waals surface area contributed by atoms with Gasteiger partial charge in [-0.2, -0.15) is 0 Å². The molecule has 16 heavy (non-hydrogen) atoms. The largest absolute Gasteiger partial charge is 0.465 e. The van der Waals surface area contributed by atoms with Gasteiger partial charge in [-0.05, 0) is 46.0 Å². The van der Waals surface area contributed by atoms with Gasteiger partial charge in [0.05, 0.1) is 6.61 Å². The van der Waals surface area contributed by atoms with E-state index in [0.29, 0.717) is 12.5 Å². The van der Waals surface area contributed by atoms with E-state index in [4.69, 9.17) is 4.74 Å². The van der Waals surface area contributed by atoms with Crippen molar-refractivity contribution in [2.75, 3.05) is 6.61 Å². The van der Waals surface area contributed by atoms with Gasteiger partial charge in [0.25, 0.3) is 0 Å². The molecule has 3 heteroatoms. The molecule has 0 heterocycles. The normalized spacial score (nSPS) is 25.5. The summed E-state index contributed by atoms with van der Waals surface area (Å²) in [6.07, 6.45) is 2.93. The molecular formula is C13H22O3. The van der Waals surface area contributed by atoms with Crippen molar-refractivity contribution in [1.82, 2.24) is 0 Å². The topological polar surface area (TPSA) is 43.4 Å².